The summed E-state index contributed by atoms with van der Waals surface area (Å²) in [6.45, 7) is 0. The summed E-state index contributed by atoms with van der Waals surface area (Å²) in [5.41, 5.74) is 19.1. The number of para-hydroxylation sites is 2. The van der Waals surface area contributed by atoms with Gasteiger partial charge in [0.15, 0.2) is 0 Å². The fourth-order valence-corrected chi connectivity index (χ4v) is 9.64. The van der Waals surface area contributed by atoms with Crippen molar-refractivity contribution in [3.63, 3.8) is 0 Å². The summed E-state index contributed by atoms with van der Waals surface area (Å²) < 4.78 is 4.88. The zero-order valence-electron chi connectivity index (χ0n) is 34.0. The molecule has 0 atom stereocenters. The molecule has 290 valence electrons. The zero-order valence-corrected chi connectivity index (χ0v) is 34.0. The monoisotopic (exact) mass is 788 g/mol. The Bertz CT molecular complexity index is 3600. The highest BCUT2D eigenvalue weighted by molar-refractivity contribution is 6.17. The number of fused-ring (bicyclic) bond motifs is 6. The van der Waals surface area contributed by atoms with Gasteiger partial charge in [-0.3, -0.25) is 0 Å². The van der Waals surface area contributed by atoms with Gasteiger partial charge < -0.3 is 9.13 Å². The van der Waals surface area contributed by atoms with E-state index < -0.39 is 0 Å². The summed E-state index contributed by atoms with van der Waals surface area (Å²) in [5, 5.41) is 4.95. The van der Waals surface area contributed by atoms with Crippen LogP contribution in [-0.2, 0) is 0 Å². The molecule has 0 amide bonds. The Morgan fingerprint density at radius 3 is 1.42 bits per heavy atom. The van der Waals surface area contributed by atoms with E-state index in [2.05, 4.69) is 252 Å². The number of rotatable bonds is 7. The first kappa shape index (κ1) is 35.7. The Hall–Kier alpha value is -8.20. The molecule has 0 unspecified atom stereocenters. The van der Waals surface area contributed by atoms with Gasteiger partial charge in [-0.1, -0.05) is 176 Å². The number of hydrogen-bond acceptors (Lipinski definition) is 0. The molecule has 0 saturated carbocycles. The van der Waals surface area contributed by atoms with E-state index >= 15 is 0 Å². The van der Waals surface area contributed by atoms with Gasteiger partial charge in [0.2, 0.25) is 0 Å². The van der Waals surface area contributed by atoms with Crippen molar-refractivity contribution in [3.05, 3.63) is 243 Å². The Labute approximate surface area is 360 Å². The van der Waals surface area contributed by atoms with Crippen LogP contribution in [0.5, 0.6) is 0 Å². The van der Waals surface area contributed by atoms with Crippen molar-refractivity contribution in [2.45, 2.75) is 0 Å². The van der Waals surface area contributed by atoms with E-state index in [4.69, 9.17) is 0 Å². The first-order valence-electron chi connectivity index (χ1n) is 21.3. The molecule has 0 aliphatic heterocycles. The quantitative estimate of drug-likeness (QED) is 0.152. The molecule has 0 radical (unpaired) electrons. The van der Waals surface area contributed by atoms with Crippen molar-refractivity contribution in [2.24, 2.45) is 0 Å². The normalized spacial score (nSPS) is 11.5. The maximum absolute atomic E-state index is 2.46. The molecule has 2 heterocycles. The van der Waals surface area contributed by atoms with Gasteiger partial charge in [0.1, 0.15) is 0 Å². The number of aromatic nitrogens is 2. The lowest BCUT2D eigenvalue weighted by molar-refractivity contribution is 1.18. The lowest BCUT2D eigenvalue weighted by Crippen LogP contribution is -1.98. The molecule has 2 heteroatoms. The van der Waals surface area contributed by atoms with Crippen LogP contribution in [0.4, 0.5) is 0 Å². The second-order valence-corrected chi connectivity index (χ2v) is 16.1. The minimum atomic E-state index is 1.15. The van der Waals surface area contributed by atoms with Crippen LogP contribution in [0.3, 0.4) is 0 Å². The van der Waals surface area contributed by atoms with Gasteiger partial charge in [0.05, 0.1) is 27.8 Å². The molecule has 0 spiro atoms. The molecule has 2 nitrogen and oxygen atoms in total. The Morgan fingerprint density at radius 1 is 0.226 bits per heavy atom. The highest BCUT2D eigenvalue weighted by atomic mass is 15.0. The smallest absolute Gasteiger partial charge is 0.0547 e. The molecule has 12 rings (SSSR count). The van der Waals surface area contributed by atoms with Gasteiger partial charge in [-0.25, -0.2) is 0 Å². The third kappa shape index (κ3) is 5.96. The van der Waals surface area contributed by atoms with Crippen molar-refractivity contribution in [1.82, 2.24) is 9.13 Å². The predicted molar refractivity (Wildman–Crippen MR) is 262 cm³/mol. The first-order chi connectivity index (χ1) is 30.8. The molecule has 2 aromatic heterocycles. The third-order valence-electron chi connectivity index (χ3n) is 12.5. The lowest BCUT2D eigenvalue weighted by Gasteiger charge is -2.16. The fraction of sp³-hybridized carbons (Fsp3) is 0. The van der Waals surface area contributed by atoms with Crippen LogP contribution in [-0.4, -0.2) is 9.13 Å². The van der Waals surface area contributed by atoms with Crippen molar-refractivity contribution in [2.75, 3.05) is 0 Å². The van der Waals surface area contributed by atoms with Crippen LogP contribution in [0.2, 0.25) is 0 Å². The molecule has 62 heavy (non-hydrogen) atoms. The highest BCUT2D eigenvalue weighted by Gasteiger charge is 2.20. The van der Waals surface area contributed by atoms with Gasteiger partial charge in [-0.05, 0) is 117 Å². The Kier molecular flexibility index (Phi) is 8.53. The van der Waals surface area contributed by atoms with Gasteiger partial charge in [-0.15, -0.1) is 0 Å². The molecular weight excluding hydrogens is 749 g/mol. The summed E-state index contributed by atoms with van der Waals surface area (Å²) in [4.78, 5) is 0. The first-order valence-corrected chi connectivity index (χ1v) is 21.3. The van der Waals surface area contributed by atoms with Crippen molar-refractivity contribution in [3.8, 4) is 67.0 Å². The van der Waals surface area contributed by atoms with E-state index in [-0.39, 0.29) is 0 Å². The fourth-order valence-electron chi connectivity index (χ4n) is 9.64. The van der Waals surface area contributed by atoms with Crippen molar-refractivity contribution < 1.29 is 0 Å². The lowest BCUT2D eigenvalue weighted by atomic mass is 9.95. The largest absolute Gasteiger partial charge is 0.309 e. The van der Waals surface area contributed by atoms with E-state index in [0.717, 1.165) is 11.4 Å². The molecule has 0 N–H and O–H groups in total. The molecule has 0 bridgehead atoms. The van der Waals surface area contributed by atoms with E-state index in [0.29, 0.717) is 0 Å². The Morgan fingerprint density at radius 2 is 0.710 bits per heavy atom. The molecular formula is C60H40N2. The SMILES string of the molecule is c1ccc(-c2cccc(-c3cccc4c3c3cc(-c5ccc6c(c5)c5ccccc5n6-c5ccc(-c6ccccc6)cc5-c5ccccc5)ccc3n4-c3ccccc3)c2)cc1. The molecule has 10 aromatic carbocycles. The highest BCUT2D eigenvalue weighted by Crippen LogP contribution is 2.43. The van der Waals surface area contributed by atoms with Crippen LogP contribution in [0.15, 0.2) is 243 Å². The average molecular weight is 789 g/mol. The topological polar surface area (TPSA) is 9.86 Å². The van der Waals surface area contributed by atoms with Gasteiger partial charge >= 0.3 is 0 Å². The second-order valence-electron chi connectivity index (χ2n) is 16.1. The molecule has 12 aromatic rings. The second kappa shape index (κ2) is 14.8. The van der Waals surface area contributed by atoms with Crippen LogP contribution in [0.25, 0.3) is 111 Å². The molecule has 0 aliphatic carbocycles. The maximum Gasteiger partial charge on any atom is 0.0547 e. The van der Waals surface area contributed by atoms with Crippen LogP contribution < -0.4 is 0 Å². The third-order valence-corrected chi connectivity index (χ3v) is 12.5. The number of hydrogen-bond donors (Lipinski definition) is 0. The molecule has 0 fully saturated rings. The van der Waals surface area contributed by atoms with E-state index in [9.17, 15) is 0 Å². The molecule has 0 aliphatic rings. The maximum atomic E-state index is 2.46. The van der Waals surface area contributed by atoms with Gasteiger partial charge in [0, 0.05) is 32.8 Å². The minimum absolute atomic E-state index is 1.15. The van der Waals surface area contributed by atoms with E-state index in [1.807, 2.05) is 0 Å². The van der Waals surface area contributed by atoms with Crippen molar-refractivity contribution >= 4 is 43.6 Å². The minimum Gasteiger partial charge on any atom is -0.309 e. The van der Waals surface area contributed by atoms with Crippen LogP contribution >= 0.6 is 0 Å². The summed E-state index contributed by atoms with van der Waals surface area (Å²) in [5.74, 6) is 0. The van der Waals surface area contributed by atoms with E-state index in [1.54, 1.807) is 0 Å². The van der Waals surface area contributed by atoms with Crippen LogP contribution in [0.1, 0.15) is 0 Å². The summed E-state index contributed by atoms with van der Waals surface area (Å²) in [7, 11) is 0. The van der Waals surface area contributed by atoms with E-state index in [1.165, 1.54) is 99.2 Å². The van der Waals surface area contributed by atoms with Crippen LogP contribution in [0, 0.1) is 0 Å². The number of benzene rings is 10. The zero-order chi connectivity index (χ0) is 41.0. The average Bonchev–Trinajstić information content (AvgIpc) is 3.87. The van der Waals surface area contributed by atoms with Gasteiger partial charge in [-0.2, -0.15) is 0 Å². The summed E-state index contributed by atoms with van der Waals surface area (Å²) >= 11 is 0. The number of nitrogens with zero attached hydrogens (tertiary/aromatic N) is 2. The Balaban J connectivity index is 1.06. The summed E-state index contributed by atoms with van der Waals surface area (Å²) in [6, 6.07) is 88.4. The standard InChI is InChI=1S/C60H40N2/c1-5-17-41(18-6-1)44-23-15-24-48(37-44)50-28-16-30-59-60(50)54-40-47(33-36-58(54)61(59)49-25-11-4-12-26-49)46-32-35-57-53(39-46)51-27-13-14-29-55(51)62(57)56-34-31-45(42-19-7-2-8-20-42)38-52(56)43-21-9-3-10-22-43/h1-40H. The van der Waals surface area contributed by atoms with Crippen molar-refractivity contribution in [1.29, 1.82) is 0 Å². The summed E-state index contributed by atoms with van der Waals surface area (Å²) in [6.07, 6.45) is 0. The molecule has 0 saturated heterocycles. The predicted octanol–water partition coefficient (Wildman–Crippen LogP) is 16.2. The van der Waals surface area contributed by atoms with Gasteiger partial charge in [0.25, 0.3) is 0 Å².